The van der Waals surface area contributed by atoms with E-state index in [1.54, 1.807) is 45.2 Å². The Balaban J connectivity index is 1.44. The Morgan fingerprint density at radius 3 is 2.71 bits per heavy atom. The van der Waals surface area contributed by atoms with Crippen molar-refractivity contribution in [1.29, 1.82) is 0 Å². The molecule has 2 aromatic heterocycles. The zero-order valence-corrected chi connectivity index (χ0v) is 25.8. The molecule has 5 rings (SSSR count). The molecule has 1 saturated heterocycles. The largest absolute Gasteiger partial charge is 0.462 e. The van der Waals surface area contributed by atoms with E-state index < -0.39 is 56.6 Å². The number of esters is 1. The topological polar surface area (TPSA) is 185 Å². The molecule has 16 heteroatoms. The van der Waals surface area contributed by atoms with E-state index in [0.29, 0.717) is 5.39 Å². The van der Waals surface area contributed by atoms with Gasteiger partial charge in [0.1, 0.15) is 24.0 Å². The average Bonchev–Trinajstić information content (AvgIpc) is 3.53. The molecule has 0 amide bonds. The number of aliphatic hydroxyl groups excluding tert-OH is 1. The van der Waals surface area contributed by atoms with E-state index in [4.69, 9.17) is 30.7 Å². The van der Waals surface area contributed by atoms with Crippen LogP contribution in [0.15, 0.2) is 48.8 Å². The van der Waals surface area contributed by atoms with Crippen molar-refractivity contribution in [3.8, 4) is 18.1 Å². The highest BCUT2D eigenvalue weighted by molar-refractivity contribution is 7.52. The fourth-order valence-corrected chi connectivity index (χ4v) is 6.40. The number of benzene rings is 2. The number of aromatic nitrogens is 4. The van der Waals surface area contributed by atoms with Gasteiger partial charge in [-0.2, -0.15) is 15.1 Å². The minimum atomic E-state index is -4.45. The minimum Gasteiger partial charge on any atom is -0.462 e. The van der Waals surface area contributed by atoms with E-state index in [1.165, 1.54) is 17.8 Å². The molecule has 6 atom stereocenters. The molecule has 2 aromatic carbocycles. The molecule has 14 nitrogen and oxygen atoms in total. The summed E-state index contributed by atoms with van der Waals surface area (Å²) in [6, 6.07) is 11.2. The molecule has 1 unspecified atom stereocenters. The van der Waals surface area contributed by atoms with Crippen LogP contribution in [-0.2, 0) is 23.4 Å². The lowest BCUT2D eigenvalue weighted by Crippen LogP contribution is -2.42. The second-order valence-corrected chi connectivity index (χ2v) is 12.3. The van der Waals surface area contributed by atoms with Crippen LogP contribution >= 0.6 is 7.75 Å². The highest BCUT2D eigenvalue weighted by Gasteiger charge is 2.58. The van der Waals surface area contributed by atoms with Gasteiger partial charge in [0.15, 0.2) is 23.2 Å². The number of rotatable bonds is 11. The first-order valence-corrected chi connectivity index (χ1v) is 15.5. The number of terminal acetylenes is 1. The van der Waals surface area contributed by atoms with Crippen LogP contribution in [0.1, 0.15) is 27.0 Å². The summed E-state index contributed by atoms with van der Waals surface area (Å²) in [7, 11) is -2.85. The van der Waals surface area contributed by atoms with Crippen LogP contribution in [0, 0.1) is 12.3 Å². The van der Waals surface area contributed by atoms with E-state index >= 15 is 4.39 Å². The van der Waals surface area contributed by atoms with Gasteiger partial charge in [-0.25, -0.2) is 13.9 Å². The van der Waals surface area contributed by atoms with Crippen molar-refractivity contribution in [2.45, 2.75) is 57.0 Å². The number of hydrogen-bond acceptors (Lipinski definition) is 12. The maximum atomic E-state index is 16.3. The van der Waals surface area contributed by atoms with Crippen LogP contribution in [0.4, 0.5) is 16.2 Å². The molecule has 0 radical (unpaired) electrons. The van der Waals surface area contributed by atoms with E-state index in [0.717, 1.165) is 5.39 Å². The SMILES string of the molecule is C#C[C@@]1(F)[C@H](O)[C@@H](COP(=O)(N[C@@H](C)C(=O)OC(C)C)Oc2cccc3ccccc23)O[C@H]1n1cnc2c(NC)nc(N)nc21. The van der Waals surface area contributed by atoms with Crippen molar-refractivity contribution < 1.29 is 37.4 Å². The number of nitrogens with one attached hydrogen (secondary N) is 2. The molecule has 1 aliphatic heterocycles. The van der Waals surface area contributed by atoms with Crippen LogP contribution in [-0.4, -0.2) is 74.3 Å². The summed E-state index contributed by atoms with van der Waals surface area (Å²) in [5, 5.41) is 17.9. The van der Waals surface area contributed by atoms with Gasteiger partial charge in [-0.3, -0.25) is 13.9 Å². The summed E-state index contributed by atoms with van der Waals surface area (Å²) in [5.41, 5.74) is 3.37. The molecule has 5 N–H and O–H groups in total. The number of nitrogens with two attached hydrogens (primary N) is 1. The summed E-state index contributed by atoms with van der Waals surface area (Å²) in [4.78, 5) is 25.0. The van der Waals surface area contributed by atoms with Gasteiger partial charge in [-0.05, 0) is 32.2 Å². The van der Waals surface area contributed by atoms with E-state index in [9.17, 15) is 14.5 Å². The molecule has 1 aliphatic rings. The number of ether oxygens (including phenoxy) is 2. The van der Waals surface area contributed by atoms with E-state index in [2.05, 4.69) is 25.4 Å². The zero-order valence-electron chi connectivity index (χ0n) is 24.9. The summed E-state index contributed by atoms with van der Waals surface area (Å²) in [6.45, 7) is 4.09. The van der Waals surface area contributed by atoms with Crippen LogP contribution in [0.2, 0.25) is 0 Å². The number of carbonyl (C=O) groups excluding carboxylic acids is 1. The van der Waals surface area contributed by atoms with Crippen molar-refractivity contribution in [2.24, 2.45) is 0 Å². The maximum Gasteiger partial charge on any atom is 0.459 e. The fourth-order valence-electron chi connectivity index (χ4n) is 4.88. The summed E-state index contributed by atoms with van der Waals surface area (Å²) < 4.78 is 54.5. The fraction of sp³-hybridized carbons (Fsp3) is 0.379. The number of carbonyl (C=O) groups is 1. The van der Waals surface area contributed by atoms with Gasteiger partial charge in [0, 0.05) is 12.4 Å². The molecule has 0 saturated carbocycles. The second-order valence-electron chi connectivity index (χ2n) is 10.6. The Labute approximate surface area is 258 Å². The Kier molecular flexibility index (Phi) is 8.97. The standard InChI is InChI=1S/C29H33FN7O7P/c1-6-29(30)23(38)21(43-27(29)37-15-33-22-24(32-5)34-28(31)35-25(22)37)14-41-45(40,36-17(4)26(39)42-16(2)3)44-20-13-9-11-18-10-7-8-12-19(18)20/h1,7-13,15-17,21,23,27,38H,14H2,2-5H3,(H,36,40)(H3,31,32,34,35)/t17-,21+,23+,27+,29+,45?/m0/s1. The van der Waals surface area contributed by atoms with Crippen molar-refractivity contribution >= 4 is 47.4 Å². The molecule has 0 aliphatic carbocycles. The number of hydrogen-bond donors (Lipinski definition) is 4. The maximum absolute atomic E-state index is 16.3. The number of nitrogens with zero attached hydrogens (tertiary/aromatic N) is 4. The summed E-state index contributed by atoms with van der Waals surface area (Å²) in [6.07, 6.45) is 1.31. The molecular formula is C29H33FN7O7P. The van der Waals surface area contributed by atoms with Gasteiger partial charge in [-0.15, -0.1) is 6.42 Å². The number of fused-ring (bicyclic) bond motifs is 2. The number of halogens is 1. The first kappa shape index (κ1) is 32.1. The predicted molar refractivity (Wildman–Crippen MR) is 164 cm³/mol. The molecule has 4 aromatic rings. The first-order chi connectivity index (χ1) is 21.4. The van der Waals surface area contributed by atoms with E-state index in [1.807, 2.05) is 24.1 Å². The molecule has 238 valence electrons. The quantitative estimate of drug-likeness (QED) is 0.106. The number of imidazole rings is 1. The second kappa shape index (κ2) is 12.6. The molecule has 45 heavy (non-hydrogen) atoms. The Bertz CT molecular complexity index is 1810. The number of anilines is 2. The lowest BCUT2D eigenvalue weighted by atomic mass is 9.97. The smallest absolute Gasteiger partial charge is 0.459 e. The highest BCUT2D eigenvalue weighted by Crippen LogP contribution is 2.49. The molecule has 3 heterocycles. The molecular weight excluding hydrogens is 608 g/mol. The van der Waals surface area contributed by atoms with Gasteiger partial charge in [0.05, 0.1) is 19.0 Å². The molecule has 0 bridgehead atoms. The zero-order chi connectivity index (χ0) is 32.5. The van der Waals surface area contributed by atoms with Crippen LogP contribution in [0.5, 0.6) is 5.75 Å². The van der Waals surface area contributed by atoms with Crippen molar-refractivity contribution in [3.63, 3.8) is 0 Å². The van der Waals surface area contributed by atoms with Gasteiger partial charge >= 0.3 is 13.7 Å². The van der Waals surface area contributed by atoms with Crippen LogP contribution < -0.4 is 20.7 Å². The van der Waals surface area contributed by atoms with Crippen molar-refractivity contribution in [2.75, 3.05) is 24.7 Å². The van der Waals surface area contributed by atoms with E-state index in [-0.39, 0.29) is 28.7 Å². The van der Waals surface area contributed by atoms with Gasteiger partial charge < -0.3 is 30.2 Å². The summed E-state index contributed by atoms with van der Waals surface area (Å²) >= 11 is 0. The van der Waals surface area contributed by atoms with Gasteiger partial charge in [0.2, 0.25) is 11.6 Å². The Morgan fingerprint density at radius 2 is 2.00 bits per heavy atom. The van der Waals surface area contributed by atoms with Crippen molar-refractivity contribution in [3.05, 3.63) is 48.8 Å². The predicted octanol–water partition coefficient (Wildman–Crippen LogP) is 3.34. The van der Waals surface area contributed by atoms with Gasteiger partial charge in [0.25, 0.3) is 0 Å². The van der Waals surface area contributed by atoms with Crippen LogP contribution in [0.3, 0.4) is 0 Å². The number of alkyl halides is 1. The third kappa shape index (κ3) is 6.28. The lowest BCUT2D eigenvalue weighted by Gasteiger charge is -2.25. The number of nitrogen functional groups attached to an aromatic ring is 1. The first-order valence-electron chi connectivity index (χ1n) is 14.0. The monoisotopic (exact) mass is 641 g/mol. The van der Waals surface area contributed by atoms with Gasteiger partial charge in [-0.1, -0.05) is 42.3 Å². The van der Waals surface area contributed by atoms with Crippen LogP contribution in [0.25, 0.3) is 21.9 Å². The third-order valence-corrected chi connectivity index (χ3v) is 8.66. The lowest BCUT2D eigenvalue weighted by molar-refractivity contribution is -0.149. The number of aliphatic hydroxyl groups is 1. The highest BCUT2D eigenvalue weighted by atomic mass is 31.2. The molecule has 0 spiro atoms. The summed E-state index contributed by atoms with van der Waals surface area (Å²) in [5.74, 6) is 1.60. The third-order valence-electron chi connectivity index (χ3n) is 7.03. The average molecular weight is 642 g/mol. The Morgan fingerprint density at radius 1 is 1.27 bits per heavy atom. The Hall–Kier alpha value is -4.32. The normalized spacial score (nSPS) is 23.5. The molecule has 1 fully saturated rings. The minimum absolute atomic E-state index is 0.0898. The van der Waals surface area contributed by atoms with Crippen molar-refractivity contribution in [1.82, 2.24) is 24.6 Å².